The predicted molar refractivity (Wildman–Crippen MR) is 125 cm³/mol. The van der Waals surface area contributed by atoms with Gasteiger partial charge in [0.1, 0.15) is 5.60 Å². The van der Waals surface area contributed by atoms with E-state index < -0.39 is 16.4 Å². The standard InChI is InChI=1S/C22H29N7O3S/c1-22(2,3)32-17(30)11-13-5-7-14(8-6-13)25-20-24-12-15-18(28-29-19(15)27-20)16-9-10-23-21(26-16)33(4)31/h9-10,12-14H,5-8,11H2,1-4H3,(H2,24,25,27,28,29). The molecular formula is C22H29N7O3S. The molecule has 11 heteroatoms. The quantitative estimate of drug-likeness (QED) is 0.410. The second kappa shape index (κ2) is 9.50. The maximum Gasteiger partial charge on any atom is 0.306 e. The summed E-state index contributed by atoms with van der Waals surface area (Å²) in [5, 5.41) is 11.6. The van der Waals surface area contributed by atoms with E-state index in [1.165, 1.54) is 6.26 Å². The normalized spacial score (nSPS) is 19.9. The molecule has 4 rings (SSSR count). The number of rotatable bonds is 6. The van der Waals surface area contributed by atoms with Crippen molar-refractivity contribution in [2.24, 2.45) is 5.92 Å². The Balaban J connectivity index is 1.37. The molecule has 1 fully saturated rings. The van der Waals surface area contributed by atoms with E-state index in [1.54, 1.807) is 18.5 Å². The Morgan fingerprint density at radius 3 is 2.67 bits per heavy atom. The average Bonchev–Trinajstić information content (AvgIpc) is 3.17. The number of carbonyl (C=O) groups is 1. The van der Waals surface area contributed by atoms with Gasteiger partial charge in [-0.05, 0) is 58.4 Å². The Morgan fingerprint density at radius 2 is 1.97 bits per heavy atom. The number of H-pyrrole nitrogens is 1. The molecule has 33 heavy (non-hydrogen) atoms. The third-order valence-electron chi connectivity index (χ3n) is 5.51. The molecule has 1 aliphatic rings. The molecule has 1 unspecified atom stereocenters. The van der Waals surface area contributed by atoms with Crippen LogP contribution in [0, 0.1) is 5.92 Å². The summed E-state index contributed by atoms with van der Waals surface area (Å²) in [6.45, 7) is 5.68. The van der Waals surface area contributed by atoms with Crippen molar-refractivity contribution in [3.8, 4) is 11.4 Å². The van der Waals surface area contributed by atoms with Crippen LogP contribution in [0.4, 0.5) is 5.95 Å². The van der Waals surface area contributed by atoms with Gasteiger partial charge in [0.15, 0.2) is 5.65 Å². The number of aromatic nitrogens is 6. The van der Waals surface area contributed by atoms with Crippen molar-refractivity contribution < 1.29 is 13.7 Å². The van der Waals surface area contributed by atoms with E-state index in [0.29, 0.717) is 35.3 Å². The Labute approximate surface area is 194 Å². The van der Waals surface area contributed by atoms with Gasteiger partial charge in [0.05, 0.1) is 27.6 Å². The van der Waals surface area contributed by atoms with E-state index in [9.17, 15) is 9.00 Å². The lowest BCUT2D eigenvalue weighted by Crippen LogP contribution is -2.30. The van der Waals surface area contributed by atoms with Gasteiger partial charge in [-0.1, -0.05) is 0 Å². The molecule has 1 aliphatic carbocycles. The third kappa shape index (κ3) is 5.89. The number of hydrogen-bond donors (Lipinski definition) is 2. The lowest BCUT2D eigenvalue weighted by Gasteiger charge is -2.29. The molecule has 3 aromatic heterocycles. The first-order chi connectivity index (χ1) is 15.7. The smallest absolute Gasteiger partial charge is 0.306 e. The topological polar surface area (TPSA) is 136 Å². The van der Waals surface area contributed by atoms with Crippen molar-refractivity contribution in [3.63, 3.8) is 0 Å². The molecule has 0 spiro atoms. The van der Waals surface area contributed by atoms with Crippen LogP contribution in [-0.2, 0) is 20.3 Å². The summed E-state index contributed by atoms with van der Waals surface area (Å²) < 4.78 is 17.1. The Kier molecular flexibility index (Phi) is 6.68. The summed E-state index contributed by atoms with van der Waals surface area (Å²) in [6, 6.07) is 1.98. The zero-order chi connectivity index (χ0) is 23.6. The van der Waals surface area contributed by atoms with Gasteiger partial charge in [-0.2, -0.15) is 10.1 Å². The van der Waals surface area contributed by atoms with Crippen LogP contribution >= 0.6 is 0 Å². The summed E-state index contributed by atoms with van der Waals surface area (Å²) >= 11 is 0. The second-order valence-corrected chi connectivity index (χ2v) is 10.6. The van der Waals surface area contributed by atoms with Crippen LogP contribution in [0.5, 0.6) is 0 Å². The Morgan fingerprint density at radius 1 is 1.21 bits per heavy atom. The molecule has 176 valence electrons. The van der Waals surface area contributed by atoms with E-state index in [-0.39, 0.29) is 17.2 Å². The maximum atomic E-state index is 12.1. The van der Waals surface area contributed by atoms with E-state index in [1.807, 2.05) is 20.8 Å². The summed E-state index contributed by atoms with van der Waals surface area (Å²) in [5.41, 5.74) is 1.33. The SMILES string of the molecule is CS(=O)c1nccc(-c2[nH]nc3nc(NC4CCC(CC(=O)OC(C)(C)C)CC4)ncc23)n1. The van der Waals surface area contributed by atoms with Crippen molar-refractivity contribution in [2.75, 3.05) is 11.6 Å². The summed E-state index contributed by atoms with van der Waals surface area (Å²) in [7, 11) is -1.28. The molecular weight excluding hydrogens is 442 g/mol. The zero-order valence-corrected chi connectivity index (χ0v) is 20.1. The number of fused-ring (bicyclic) bond motifs is 1. The molecule has 0 aromatic carbocycles. The molecule has 1 atom stereocenters. The van der Waals surface area contributed by atoms with Crippen molar-refractivity contribution in [3.05, 3.63) is 18.5 Å². The highest BCUT2D eigenvalue weighted by atomic mass is 32.2. The van der Waals surface area contributed by atoms with Gasteiger partial charge in [0, 0.05) is 31.1 Å². The molecule has 1 saturated carbocycles. The Bertz CT molecular complexity index is 1170. The second-order valence-electron chi connectivity index (χ2n) is 9.36. The van der Waals surface area contributed by atoms with E-state index >= 15 is 0 Å². The van der Waals surface area contributed by atoms with Crippen molar-refractivity contribution >= 4 is 33.8 Å². The summed E-state index contributed by atoms with van der Waals surface area (Å²) in [6.07, 6.45) is 9.09. The van der Waals surface area contributed by atoms with Gasteiger partial charge >= 0.3 is 5.97 Å². The van der Waals surface area contributed by atoms with Crippen molar-refractivity contribution in [1.82, 2.24) is 30.1 Å². The van der Waals surface area contributed by atoms with Crippen LogP contribution in [0.15, 0.2) is 23.6 Å². The highest BCUT2D eigenvalue weighted by Crippen LogP contribution is 2.30. The number of anilines is 1. The van der Waals surface area contributed by atoms with Gasteiger partial charge < -0.3 is 10.1 Å². The van der Waals surface area contributed by atoms with Crippen molar-refractivity contribution in [1.29, 1.82) is 0 Å². The van der Waals surface area contributed by atoms with Crippen LogP contribution in [-0.4, -0.2) is 58.2 Å². The van der Waals surface area contributed by atoms with Crippen LogP contribution in [0.3, 0.4) is 0 Å². The molecule has 2 N–H and O–H groups in total. The highest BCUT2D eigenvalue weighted by molar-refractivity contribution is 7.84. The monoisotopic (exact) mass is 471 g/mol. The fourth-order valence-electron chi connectivity index (χ4n) is 4.00. The first-order valence-corrected chi connectivity index (χ1v) is 12.6. The number of nitrogens with zero attached hydrogens (tertiary/aromatic N) is 5. The average molecular weight is 472 g/mol. The zero-order valence-electron chi connectivity index (χ0n) is 19.3. The molecule has 0 radical (unpaired) electrons. The van der Waals surface area contributed by atoms with Gasteiger partial charge in [0.25, 0.3) is 0 Å². The molecule has 0 amide bonds. The lowest BCUT2D eigenvalue weighted by atomic mass is 9.84. The van der Waals surface area contributed by atoms with Crippen LogP contribution in [0.1, 0.15) is 52.9 Å². The first-order valence-electron chi connectivity index (χ1n) is 11.0. The minimum absolute atomic E-state index is 0.122. The fourth-order valence-corrected chi connectivity index (χ4v) is 4.44. The van der Waals surface area contributed by atoms with Gasteiger partial charge in [-0.15, -0.1) is 0 Å². The number of nitrogens with one attached hydrogen (secondary N) is 2. The number of aromatic amines is 1. The molecule has 0 bridgehead atoms. The number of ether oxygens (including phenoxy) is 1. The third-order valence-corrected chi connectivity index (χ3v) is 6.22. The largest absolute Gasteiger partial charge is 0.460 e. The van der Waals surface area contributed by atoms with Crippen LogP contribution < -0.4 is 5.32 Å². The fraction of sp³-hybridized carbons (Fsp3) is 0.545. The minimum Gasteiger partial charge on any atom is -0.460 e. The van der Waals surface area contributed by atoms with E-state index in [0.717, 1.165) is 31.1 Å². The molecule has 10 nitrogen and oxygen atoms in total. The molecule has 0 aliphatic heterocycles. The highest BCUT2D eigenvalue weighted by Gasteiger charge is 2.26. The maximum absolute atomic E-state index is 12.1. The molecule has 3 aromatic rings. The summed E-state index contributed by atoms with van der Waals surface area (Å²) in [5.74, 6) is 0.752. The van der Waals surface area contributed by atoms with Gasteiger partial charge in [0.2, 0.25) is 11.1 Å². The Hall–Kier alpha value is -2.95. The molecule has 3 heterocycles. The van der Waals surface area contributed by atoms with Gasteiger partial charge in [-0.25, -0.2) is 15.0 Å². The minimum atomic E-state index is -1.28. The van der Waals surface area contributed by atoms with E-state index in [4.69, 9.17) is 4.74 Å². The number of carbonyl (C=O) groups excluding carboxylic acids is 1. The predicted octanol–water partition coefficient (Wildman–Crippen LogP) is 3.25. The number of esters is 1. The van der Waals surface area contributed by atoms with Crippen LogP contribution in [0.2, 0.25) is 0 Å². The lowest BCUT2D eigenvalue weighted by molar-refractivity contribution is -0.156. The van der Waals surface area contributed by atoms with E-state index in [2.05, 4.69) is 35.5 Å². The first kappa shape index (κ1) is 23.2. The van der Waals surface area contributed by atoms with Crippen molar-refractivity contribution in [2.45, 2.75) is 69.7 Å². The van der Waals surface area contributed by atoms with Gasteiger partial charge in [-0.3, -0.25) is 14.1 Å². The summed E-state index contributed by atoms with van der Waals surface area (Å²) in [4.78, 5) is 29.5. The van der Waals surface area contributed by atoms with Crippen LogP contribution in [0.25, 0.3) is 22.4 Å². The number of hydrogen-bond acceptors (Lipinski definition) is 9. The molecule has 0 saturated heterocycles.